The van der Waals surface area contributed by atoms with Gasteiger partial charge in [0.2, 0.25) is 17.4 Å². The van der Waals surface area contributed by atoms with Gasteiger partial charge in [0.1, 0.15) is 5.76 Å². The fourth-order valence-corrected chi connectivity index (χ4v) is 1.42. The van der Waals surface area contributed by atoms with Gasteiger partial charge >= 0.3 is 0 Å². The van der Waals surface area contributed by atoms with Crippen LogP contribution >= 0.6 is 0 Å². The number of nitrogen functional groups attached to an aromatic ring is 1. The number of carbonyl (C=O) groups is 2. The second kappa shape index (κ2) is 5.38. The van der Waals surface area contributed by atoms with E-state index in [-0.39, 0.29) is 23.9 Å². The van der Waals surface area contributed by atoms with Gasteiger partial charge in [0.05, 0.1) is 6.54 Å². The molecule has 2 heterocycles. The highest BCUT2D eigenvalue weighted by molar-refractivity contribution is 5.99. The Balaban J connectivity index is 1.94. The molecule has 2 aromatic rings. The molecule has 2 rings (SSSR count). The number of hydrogen-bond acceptors (Lipinski definition) is 8. The molecule has 0 aromatic carbocycles. The van der Waals surface area contributed by atoms with Crippen molar-refractivity contribution in [1.82, 2.24) is 20.4 Å². The van der Waals surface area contributed by atoms with Gasteiger partial charge in [-0.2, -0.15) is 0 Å². The molecule has 0 fully saturated rings. The summed E-state index contributed by atoms with van der Waals surface area (Å²) in [5.41, 5.74) is 5.26. The molecule has 0 unspecified atom stereocenters. The van der Waals surface area contributed by atoms with Crippen LogP contribution in [0.1, 0.15) is 16.2 Å². The van der Waals surface area contributed by atoms with Gasteiger partial charge in [-0.1, -0.05) is 5.16 Å². The van der Waals surface area contributed by atoms with Crippen LogP contribution in [0.15, 0.2) is 15.2 Å². The molecule has 0 saturated heterocycles. The van der Waals surface area contributed by atoms with Crippen molar-refractivity contribution in [2.45, 2.75) is 6.92 Å². The fraction of sp³-hybridized carbons (Fsp3) is 0.300. The van der Waals surface area contributed by atoms with Gasteiger partial charge in [-0.05, 0) is 17.2 Å². The van der Waals surface area contributed by atoms with Crippen molar-refractivity contribution in [3.8, 4) is 0 Å². The van der Waals surface area contributed by atoms with Crippen molar-refractivity contribution in [1.29, 1.82) is 0 Å². The Labute approximate surface area is 112 Å². The van der Waals surface area contributed by atoms with Crippen LogP contribution in [0.4, 0.5) is 11.6 Å². The number of carbonyl (C=O) groups excluding carboxylic acids is 2. The molecule has 20 heavy (non-hydrogen) atoms. The number of aromatic nitrogens is 3. The minimum atomic E-state index is -0.574. The summed E-state index contributed by atoms with van der Waals surface area (Å²) in [7, 11) is 1.42. The van der Waals surface area contributed by atoms with Gasteiger partial charge < -0.3 is 20.5 Å². The van der Waals surface area contributed by atoms with Gasteiger partial charge in [0.25, 0.3) is 5.91 Å². The molecule has 3 N–H and O–H groups in total. The van der Waals surface area contributed by atoms with Gasteiger partial charge in [-0.3, -0.25) is 9.59 Å². The summed E-state index contributed by atoms with van der Waals surface area (Å²) in [4.78, 5) is 24.7. The van der Waals surface area contributed by atoms with Gasteiger partial charge in [-0.15, -0.1) is 0 Å². The van der Waals surface area contributed by atoms with Gasteiger partial charge in [-0.25, -0.2) is 4.63 Å². The third kappa shape index (κ3) is 2.91. The molecule has 0 radical (unpaired) electrons. The maximum Gasteiger partial charge on any atom is 0.280 e. The second-order valence-electron chi connectivity index (χ2n) is 4.03. The van der Waals surface area contributed by atoms with Crippen LogP contribution in [-0.2, 0) is 4.79 Å². The Morgan fingerprint density at radius 1 is 1.40 bits per heavy atom. The van der Waals surface area contributed by atoms with Crippen molar-refractivity contribution in [3.05, 3.63) is 17.5 Å². The standard InChI is InChI=1S/C10H12N6O4/c1-5-3-6(13-19-5)12-7(17)4-16(2)10(18)8-9(11)15-20-14-8/h3H,4H2,1-2H3,(H2,11,15)(H,12,13,17). The van der Waals surface area contributed by atoms with Crippen molar-refractivity contribution in [2.75, 3.05) is 24.6 Å². The van der Waals surface area contributed by atoms with Crippen LogP contribution in [-0.4, -0.2) is 45.8 Å². The predicted molar refractivity (Wildman–Crippen MR) is 65.5 cm³/mol. The highest BCUT2D eigenvalue weighted by Gasteiger charge is 2.22. The monoisotopic (exact) mass is 280 g/mol. The van der Waals surface area contributed by atoms with E-state index in [0.717, 1.165) is 4.90 Å². The minimum absolute atomic E-state index is 0.130. The summed E-state index contributed by atoms with van der Waals surface area (Å²) in [5.74, 6) is -0.309. The molecule has 0 saturated carbocycles. The number of anilines is 2. The van der Waals surface area contributed by atoms with E-state index in [1.165, 1.54) is 7.05 Å². The minimum Gasteiger partial charge on any atom is -0.379 e. The zero-order chi connectivity index (χ0) is 14.7. The molecule has 0 atom stereocenters. The van der Waals surface area contributed by atoms with Crippen molar-refractivity contribution in [3.63, 3.8) is 0 Å². The van der Waals surface area contributed by atoms with Crippen LogP contribution in [0.25, 0.3) is 0 Å². The maximum absolute atomic E-state index is 11.9. The predicted octanol–water partition coefficient (Wildman–Crippen LogP) is -0.341. The number of nitrogens with zero attached hydrogens (tertiary/aromatic N) is 4. The van der Waals surface area contributed by atoms with E-state index >= 15 is 0 Å². The molecule has 0 spiro atoms. The van der Waals surface area contributed by atoms with E-state index in [1.807, 2.05) is 0 Å². The number of aryl methyl sites for hydroxylation is 1. The maximum atomic E-state index is 11.9. The van der Waals surface area contributed by atoms with Crippen molar-refractivity contribution >= 4 is 23.5 Å². The van der Waals surface area contributed by atoms with Crippen molar-refractivity contribution in [2.24, 2.45) is 0 Å². The Morgan fingerprint density at radius 2 is 2.15 bits per heavy atom. The van der Waals surface area contributed by atoms with Crippen molar-refractivity contribution < 1.29 is 18.7 Å². The first-order valence-electron chi connectivity index (χ1n) is 5.54. The third-order valence-electron chi connectivity index (χ3n) is 2.34. The molecule has 10 heteroatoms. The molecular weight excluding hydrogens is 268 g/mol. The highest BCUT2D eigenvalue weighted by Crippen LogP contribution is 2.09. The van der Waals surface area contributed by atoms with E-state index < -0.39 is 11.8 Å². The lowest BCUT2D eigenvalue weighted by Gasteiger charge is -2.14. The highest BCUT2D eigenvalue weighted by atomic mass is 16.6. The largest absolute Gasteiger partial charge is 0.379 e. The van der Waals surface area contributed by atoms with Crippen LogP contribution in [0, 0.1) is 6.92 Å². The van der Waals surface area contributed by atoms with E-state index in [0.29, 0.717) is 5.76 Å². The van der Waals surface area contributed by atoms with Crippen LogP contribution in [0.5, 0.6) is 0 Å². The first-order chi connectivity index (χ1) is 9.47. The topological polar surface area (TPSA) is 140 Å². The molecule has 10 nitrogen and oxygen atoms in total. The first-order valence-corrected chi connectivity index (χ1v) is 5.54. The number of likely N-dealkylation sites (N-methyl/N-ethyl adjacent to an activating group) is 1. The SMILES string of the molecule is Cc1cc(NC(=O)CN(C)C(=O)c2nonc2N)no1. The summed E-state index contributed by atoms with van der Waals surface area (Å²) < 4.78 is 9.12. The molecule has 0 aliphatic carbocycles. The molecule has 106 valence electrons. The third-order valence-corrected chi connectivity index (χ3v) is 2.34. The molecule has 2 amide bonds. The molecule has 0 aliphatic heterocycles. The molecular formula is C10H12N6O4. The summed E-state index contributed by atoms with van der Waals surface area (Å²) in [6.07, 6.45) is 0. The van der Waals surface area contributed by atoms with Gasteiger partial charge in [0.15, 0.2) is 5.82 Å². The number of nitrogens with one attached hydrogen (secondary N) is 1. The fourth-order valence-electron chi connectivity index (χ4n) is 1.42. The Morgan fingerprint density at radius 3 is 2.70 bits per heavy atom. The van der Waals surface area contributed by atoms with Crippen LogP contribution < -0.4 is 11.1 Å². The summed E-state index contributed by atoms with van der Waals surface area (Å²) in [6, 6.07) is 1.55. The second-order valence-corrected chi connectivity index (χ2v) is 4.03. The van der Waals surface area contributed by atoms with Crippen LogP contribution in [0.2, 0.25) is 0 Å². The quantitative estimate of drug-likeness (QED) is 0.774. The zero-order valence-electron chi connectivity index (χ0n) is 10.8. The van der Waals surface area contributed by atoms with E-state index in [9.17, 15) is 9.59 Å². The normalized spacial score (nSPS) is 10.3. The smallest absolute Gasteiger partial charge is 0.280 e. The summed E-state index contributed by atoms with van der Waals surface area (Å²) in [6.45, 7) is 1.48. The lowest BCUT2D eigenvalue weighted by molar-refractivity contribution is -0.116. The molecule has 2 aromatic heterocycles. The number of hydrogen-bond donors (Lipinski definition) is 2. The van der Waals surface area contributed by atoms with E-state index in [1.54, 1.807) is 13.0 Å². The average molecular weight is 280 g/mol. The first kappa shape index (κ1) is 13.5. The summed E-state index contributed by atoms with van der Waals surface area (Å²) >= 11 is 0. The van der Waals surface area contributed by atoms with E-state index in [2.05, 4.69) is 25.4 Å². The Kier molecular flexibility index (Phi) is 3.64. The Hall–Kier alpha value is -2.91. The van der Waals surface area contributed by atoms with Gasteiger partial charge in [0, 0.05) is 13.1 Å². The lowest BCUT2D eigenvalue weighted by Crippen LogP contribution is -2.35. The summed E-state index contributed by atoms with van der Waals surface area (Å²) in [5, 5.41) is 12.7. The zero-order valence-corrected chi connectivity index (χ0v) is 10.8. The number of nitrogens with two attached hydrogens (primary N) is 1. The number of rotatable bonds is 4. The van der Waals surface area contributed by atoms with E-state index in [4.69, 9.17) is 10.3 Å². The number of amides is 2. The Bertz CT molecular complexity index is 633. The molecule has 0 bridgehead atoms. The lowest BCUT2D eigenvalue weighted by atomic mass is 10.3. The molecule has 0 aliphatic rings. The average Bonchev–Trinajstić information content (AvgIpc) is 2.97. The van der Waals surface area contributed by atoms with Crippen LogP contribution in [0.3, 0.4) is 0 Å².